The summed E-state index contributed by atoms with van der Waals surface area (Å²) in [4.78, 5) is 14.7. The van der Waals surface area contributed by atoms with E-state index in [4.69, 9.17) is 9.47 Å². The number of halogens is 1. The van der Waals surface area contributed by atoms with Gasteiger partial charge in [0.25, 0.3) is 5.91 Å². The number of methoxy groups -OCH3 is 1. The average molecular weight is 385 g/mol. The number of likely N-dealkylation sites (tertiary alicyclic amines) is 1. The summed E-state index contributed by atoms with van der Waals surface area (Å²) in [5.74, 6) is 2.50. The summed E-state index contributed by atoms with van der Waals surface area (Å²) in [5, 5.41) is 3.40. The van der Waals surface area contributed by atoms with Gasteiger partial charge in [0.1, 0.15) is 0 Å². The topological polar surface area (TPSA) is 50.8 Å². The van der Waals surface area contributed by atoms with Crippen LogP contribution in [0.15, 0.2) is 18.2 Å². The smallest absolute Gasteiger partial charge is 0.253 e. The Morgan fingerprint density at radius 2 is 1.96 bits per heavy atom. The molecule has 1 amide bonds. The molecular weight excluding hydrogens is 352 g/mol. The molecule has 1 aromatic carbocycles. The predicted molar refractivity (Wildman–Crippen MR) is 108 cm³/mol. The van der Waals surface area contributed by atoms with Crippen LogP contribution >= 0.6 is 12.4 Å². The van der Waals surface area contributed by atoms with Crippen molar-refractivity contribution in [3.63, 3.8) is 0 Å². The lowest BCUT2D eigenvalue weighted by atomic mass is 9.96. The number of rotatable bonds is 8. The summed E-state index contributed by atoms with van der Waals surface area (Å²) >= 11 is 0. The Morgan fingerprint density at radius 3 is 2.54 bits per heavy atom. The Labute approximate surface area is 163 Å². The highest BCUT2D eigenvalue weighted by Gasteiger charge is 2.24. The highest BCUT2D eigenvalue weighted by atomic mass is 35.5. The molecule has 1 N–H and O–H groups in total. The Bertz CT molecular complexity index is 558. The molecule has 1 fully saturated rings. The van der Waals surface area contributed by atoms with Crippen LogP contribution in [-0.4, -0.2) is 50.7 Å². The van der Waals surface area contributed by atoms with Crippen LogP contribution in [0, 0.1) is 11.8 Å². The minimum absolute atomic E-state index is 0. The van der Waals surface area contributed by atoms with Crippen LogP contribution < -0.4 is 14.8 Å². The van der Waals surface area contributed by atoms with Gasteiger partial charge in [0, 0.05) is 18.7 Å². The second-order valence-electron chi connectivity index (χ2n) is 7.11. The van der Waals surface area contributed by atoms with E-state index in [0.717, 1.165) is 39.0 Å². The number of ether oxygens (including phenoxy) is 2. The number of nitrogens with one attached hydrogen (secondary N) is 1. The standard InChI is InChI=1S/C20H32N2O3.ClH/c1-5-21-13-16-8-10-22(11-9-16)20(23)17-6-7-18(19(12-17)24-4)25-14-15(2)3;/h6-7,12,15-16,21H,5,8-11,13-14H2,1-4H3;1H. The van der Waals surface area contributed by atoms with Crippen molar-refractivity contribution < 1.29 is 14.3 Å². The lowest BCUT2D eigenvalue weighted by Crippen LogP contribution is -2.40. The van der Waals surface area contributed by atoms with Crippen LogP contribution in [0.25, 0.3) is 0 Å². The van der Waals surface area contributed by atoms with E-state index in [1.165, 1.54) is 0 Å². The summed E-state index contributed by atoms with van der Waals surface area (Å²) in [6.07, 6.45) is 2.12. The van der Waals surface area contributed by atoms with E-state index in [2.05, 4.69) is 26.1 Å². The van der Waals surface area contributed by atoms with E-state index in [1.807, 2.05) is 17.0 Å². The van der Waals surface area contributed by atoms with Gasteiger partial charge in [0.2, 0.25) is 0 Å². The molecule has 1 heterocycles. The van der Waals surface area contributed by atoms with Gasteiger partial charge >= 0.3 is 0 Å². The van der Waals surface area contributed by atoms with Gasteiger partial charge in [-0.3, -0.25) is 4.79 Å². The lowest BCUT2D eigenvalue weighted by Gasteiger charge is -2.32. The molecule has 26 heavy (non-hydrogen) atoms. The average Bonchev–Trinajstić information content (AvgIpc) is 2.64. The van der Waals surface area contributed by atoms with Gasteiger partial charge in [0.05, 0.1) is 13.7 Å². The van der Waals surface area contributed by atoms with Gasteiger partial charge in [-0.15, -0.1) is 12.4 Å². The SMILES string of the molecule is CCNCC1CCN(C(=O)c2ccc(OCC(C)C)c(OC)c2)CC1.Cl. The largest absolute Gasteiger partial charge is 0.493 e. The third-order valence-electron chi connectivity index (χ3n) is 4.57. The summed E-state index contributed by atoms with van der Waals surface area (Å²) in [6.45, 7) is 10.7. The van der Waals surface area contributed by atoms with Crippen molar-refractivity contribution in [2.75, 3.05) is 39.9 Å². The first-order valence-electron chi connectivity index (χ1n) is 9.36. The molecule has 0 atom stereocenters. The lowest BCUT2D eigenvalue weighted by molar-refractivity contribution is 0.0690. The highest BCUT2D eigenvalue weighted by molar-refractivity contribution is 5.95. The number of benzene rings is 1. The van der Waals surface area contributed by atoms with Gasteiger partial charge in [-0.2, -0.15) is 0 Å². The second kappa shape index (κ2) is 11.3. The summed E-state index contributed by atoms with van der Waals surface area (Å²) in [6, 6.07) is 5.47. The molecular formula is C20H33ClN2O3. The van der Waals surface area contributed by atoms with Gasteiger partial charge in [0.15, 0.2) is 11.5 Å². The number of carbonyl (C=O) groups is 1. The van der Waals surface area contributed by atoms with Crippen molar-refractivity contribution >= 4 is 18.3 Å². The first-order chi connectivity index (χ1) is 12.0. The zero-order chi connectivity index (χ0) is 18.2. The molecule has 1 aromatic rings. The number of nitrogens with zero attached hydrogens (tertiary/aromatic N) is 1. The quantitative estimate of drug-likeness (QED) is 0.743. The first-order valence-corrected chi connectivity index (χ1v) is 9.36. The van der Waals surface area contributed by atoms with Crippen LogP contribution in [0.1, 0.15) is 44.0 Å². The highest BCUT2D eigenvalue weighted by Crippen LogP contribution is 2.29. The molecule has 148 valence electrons. The van der Waals surface area contributed by atoms with Crippen molar-refractivity contribution in [2.45, 2.75) is 33.6 Å². The van der Waals surface area contributed by atoms with Crippen LogP contribution in [0.3, 0.4) is 0 Å². The van der Waals surface area contributed by atoms with Crippen molar-refractivity contribution in [3.8, 4) is 11.5 Å². The zero-order valence-electron chi connectivity index (χ0n) is 16.4. The molecule has 1 aliphatic heterocycles. The second-order valence-corrected chi connectivity index (χ2v) is 7.11. The van der Waals surface area contributed by atoms with E-state index >= 15 is 0 Å². The molecule has 2 rings (SSSR count). The normalized spacial score (nSPS) is 14.9. The first kappa shape index (κ1) is 22.6. The molecule has 1 aliphatic rings. The Morgan fingerprint density at radius 1 is 1.27 bits per heavy atom. The maximum absolute atomic E-state index is 12.8. The molecule has 0 aromatic heterocycles. The number of carbonyl (C=O) groups excluding carboxylic acids is 1. The predicted octanol–water partition coefficient (Wildman–Crippen LogP) is 3.61. The van der Waals surface area contributed by atoms with E-state index in [9.17, 15) is 4.79 Å². The molecule has 0 saturated carbocycles. The molecule has 1 saturated heterocycles. The number of amides is 1. The third-order valence-corrected chi connectivity index (χ3v) is 4.57. The molecule has 6 heteroatoms. The van der Waals surface area contributed by atoms with Crippen LogP contribution in [0.5, 0.6) is 11.5 Å². The van der Waals surface area contributed by atoms with Gasteiger partial charge in [-0.05, 0) is 56.0 Å². The van der Waals surface area contributed by atoms with Crippen molar-refractivity contribution in [3.05, 3.63) is 23.8 Å². The summed E-state index contributed by atoms with van der Waals surface area (Å²) in [7, 11) is 1.61. The van der Waals surface area contributed by atoms with E-state index in [1.54, 1.807) is 13.2 Å². The number of hydrogen-bond acceptors (Lipinski definition) is 4. The fourth-order valence-corrected chi connectivity index (χ4v) is 3.05. The number of piperidine rings is 1. The Kier molecular flexibility index (Phi) is 9.81. The van der Waals surface area contributed by atoms with E-state index < -0.39 is 0 Å². The van der Waals surface area contributed by atoms with Crippen molar-refractivity contribution in [2.24, 2.45) is 11.8 Å². The molecule has 0 unspecified atom stereocenters. The molecule has 0 spiro atoms. The third kappa shape index (κ3) is 6.36. The van der Waals surface area contributed by atoms with Gasteiger partial charge in [-0.25, -0.2) is 0 Å². The van der Waals surface area contributed by atoms with Crippen molar-refractivity contribution in [1.82, 2.24) is 10.2 Å². The van der Waals surface area contributed by atoms with E-state index in [-0.39, 0.29) is 18.3 Å². The van der Waals surface area contributed by atoms with Crippen LogP contribution in [-0.2, 0) is 0 Å². The molecule has 5 nitrogen and oxygen atoms in total. The maximum atomic E-state index is 12.8. The minimum Gasteiger partial charge on any atom is -0.493 e. The number of hydrogen-bond donors (Lipinski definition) is 1. The zero-order valence-corrected chi connectivity index (χ0v) is 17.2. The summed E-state index contributed by atoms with van der Waals surface area (Å²) < 4.78 is 11.2. The fraction of sp³-hybridized carbons (Fsp3) is 0.650. The molecule has 0 bridgehead atoms. The monoisotopic (exact) mass is 384 g/mol. The van der Waals surface area contributed by atoms with Crippen LogP contribution in [0.4, 0.5) is 0 Å². The van der Waals surface area contributed by atoms with Gasteiger partial charge < -0.3 is 19.7 Å². The van der Waals surface area contributed by atoms with E-state index in [0.29, 0.717) is 35.5 Å². The fourth-order valence-electron chi connectivity index (χ4n) is 3.05. The Hall–Kier alpha value is -1.46. The summed E-state index contributed by atoms with van der Waals surface area (Å²) in [5.41, 5.74) is 0.666. The molecule has 0 radical (unpaired) electrons. The van der Waals surface area contributed by atoms with Gasteiger partial charge in [-0.1, -0.05) is 20.8 Å². The Balaban J connectivity index is 0.00000338. The maximum Gasteiger partial charge on any atom is 0.253 e. The van der Waals surface area contributed by atoms with Crippen LogP contribution in [0.2, 0.25) is 0 Å². The molecule has 0 aliphatic carbocycles. The minimum atomic E-state index is 0. The van der Waals surface area contributed by atoms with Crippen molar-refractivity contribution in [1.29, 1.82) is 0 Å².